The Morgan fingerprint density at radius 2 is 2.04 bits per heavy atom. The molecule has 8 nitrogen and oxygen atoms in total. The predicted octanol–water partition coefficient (Wildman–Crippen LogP) is 0.675. The Morgan fingerprint density at radius 1 is 1.36 bits per heavy atom. The smallest absolute Gasteiger partial charge is 0.328 e. The third-order valence-electron chi connectivity index (χ3n) is 4.08. The van der Waals surface area contributed by atoms with Gasteiger partial charge in [-0.1, -0.05) is 0 Å². The van der Waals surface area contributed by atoms with Crippen LogP contribution in [0.1, 0.15) is 47.4 Å². The minimum Gasteiger partial charge on any atom is -0.464 e. The van der Waals surface area contributed by atoms with Crippen LogP contribution in [-0.4, -0.2) is 49.2 Å². The standard InChI is InChI=1S/C16H18N2O6S/c1-3-24-16(21)9(2)17-14(19)10-4-7-12-13(8-10)25(22,23)18(15(12)20)11-5-6-11/h4,7-9,11H,3,5-6H2,1-2H3,(H,17,19). The molecule has 0 spiro atoms. The zero-order valence-corrected chi connectivity index (χ0v) is 14.6. The number of amides is 2. The minimum absolute atomic E-state index is 0.0592. The SMILES string of the molecule is CCOC(=O)C(C)NC(=O)c1ccc2c(c1)S(=O)(=O)N(C1CC1)C2=O. The van der Waals surface area contributed by atoms with Crippen molar-refractivity contribution in [2.45, 2.75) is 43.7 Å². The van der Waals surface area contributed by atoms with Gasteiger partial charge in [-0.3, -0.25) is 9.59 Å². The molecule has 0 bridgehead atoms. The molecule has 2 aliphatic rings. The largest absolute Gasteiger partial charge is 0.464 e. The molecule has 1 aliphatic heterocycles. The highest BCUT2D eigenvalue weighted by Gasteiger charge is 2.48. The van der Waals surface area contributed by atoms with Crippen molar-refractivity contribution >= 4 is 27.8 Å². The maximum absolute atomic E-state index is 12.6. The van der Waals surface area contributed by atoms with E-state index in [4.69, 9.17) is 4.74 Å². The number of sulfonamides is 1. The molecule has 1 aromatic carbocycles. The first-order valence-corrected chi connectivity index (χ1v) is 9.41. The molecule has 0 radical (unpaired) electrons. The van der Waals surface area contributed by atoms with Crippen LogP contribution < -0.4 is 5.32 Å². The van der Waals surface area contributed by atoms with E-state index in [1.807, 2.05) is 0 Å². The highest BCUT2D eigenvalue weighted by atomic mass is 32.2. The summed E-state index contributed by atoms with van der Waals surface area (Å²) in [6, 6.07) is 2.73. The Labute approximate surface area is 145 Å². The molecular formula is C16H18N2O6S. The maximum Gasteiger partial charge on any atom is 0.328 e. The molecule has 1 heterocycles. The van der Waals surface area contributed by atoms with E-state index >= 15 is 0 Å². The van der Waals surface area contributed by atoms with Crippen LogP contribution in [0.2, 0.25) is 0 Å². The molecule has 9 heteroatoms. The zero-order chi connectivity index (χ0) is 18.4. The van der Waals surface area contributed by atoms with Crippen LogP contribution in [-0.2, 0) is 19.6 Å². The summed E-state index contributed by atoms with van der Waals surface area (Å²) in [5.74, 6) is -1.75. The topological polar surface area (TPSA) is 110 Å². The van der Waals surface area contributed by atoms with Crippen molar-refractivity contribution in [3.8, 4) is 0 Å². The number of benzene rings is 1. The summed E-state index contributed by atoms with van der Waals surface area (Å²) >= 11 is 0. The molecule has 3 rings (SSSR count). The molecule has 0 aromatic heterocycles. The Kier molecular flexibility index (Phi) is 4.28. The van der Waals surface area contributed by atoms with Gasteiger partial charge in [0.05, 0.1) is 12.2 Å². The molecular weight excluding hydrogens is 348 g/mol. The molecule has 1 aromatic rings. The summed E-state index contributed by atoms with van der Waals surface area (Å²) in [6.45, 7) is 3.31. The molecule has 1 saturated carbocycles. The van der Waals surface area contributed by atoms with Crippen LogP contribution in [0.15, 0.2) is 23.1 Å². The third-order valence-corrected chi connectivity index (χ3v) is 5.95. The van der Waals surface area contributed by atoms with Gasteiger partial charge < -0.3 is 10.1 Å². The van der Waals surface area contributed by atoms with Crippen LogP contribution in [0.25, 0.3) is 0 Å². The van der Waals surface area contributed by atoms with Gasteiger partial charge in [0.15, 0.2) is 0 Å². The molecule has 1 N–H and O–H groups in total. The second kappa shape index (κ2) is 6.14. The number of carbonyl (C=O) groups is 3. The number of fused-ring (bicyclic) bond motifs is 1. The van der Waals surface area contributed by atoms with E-state index in [0.29, 0.717) is 12.8 Å². The number of esters is 1. The van der Waals surface area contributed by atoms with Crippen molar-refractivity contribution in [2.75, 3.05) is 6.61 Å². The lowest BCUT2D eigenvalue weighted by Crippen LogP contribution is -2.39. The lowest BCUT2D eigenvalue weighted by Gasteiger charge is -2.13. The fourth-order valence-corrected chi connectivity index (χ4v) is 4.51. The fourth-order valence-electron chi connectivity index (χ4n) is 2.66. The Balaban J connectivity index is 1.85. The fraction of sp³-hybridized carbons (Fsp3) is 0.438. The number of carbonyl (C=O) groups excluding carboxylic acids is 3. The van der Waals surface area contributed by atoms with E-state index in [-0.39, 0.29) is 28.7 Å². The first-order chi connectivity index (χ1) is 11.8. The summed E-state index contributed by atoms with van der Waals surface area (Å²) in [7, 11) is -3.93. The summed E-state index contributed by atoms with van der Waals surface area (Å²) in [5, 5.41) is 2.45. The van der Waals surface area contributed by atoms with Crippen LogP contribution in [0.4, 0.5) is 0 Å². The summed E-state index contributed by atoms with van der Waals surface area (Å²) in [6.07, 6.45) is 1.31. The average Bonchev–Trinajstić information content (AvgIpc) is 3.35. The summed E-state index contributed by atoms with van der Waals surface area (Å²) < 4.78 is 30.8. The Morgan fingerprint density at radius 3 is 2.64 bits per heavy atom. The number of ether oxygens (including phenoxy) is 1. The highest BCUT2D eigenvalue weighted by Crippen LogP contribution is 2.39. The number of rotatable bonds is 5. The van der Waals surface area contributed by atoms with Crippen LogP contribution in [0, 0.1) is 0 Å². The molecule has 1 unspecified atom stereocenters. The van der Waals surface area contributed by atoms with E-state index in [0.717, 1.165) is 4.31 Å². The monoisotopic (exact) mass is 366 g/mol. The van der Waals surface area contributed by atoms with Crippen molar-refractivity contribution in [3.05, 3.63) is 29.3 Å². The van der Waals surface area contributed by atoms with Crippen molar-refractivity contribution < 1.29 is 27.5 Å². The quantitative estimate of drug-likeness (QED) is 0.767. The highest BCUT2D eigenvalue weighted by molar-refractivity contribution is 7.90. The van der Waals surface area contributed by atoms with Crippen molar-refractivity contribution in [2.24, 2.45) is 0 Å². The molecule has 1 fully saturated rings. The van der Waals surface area contributed by atoms with Crippen LogP contribution >= 0.6 is 0 Å². The lowest BCUT2D eigenvalue weighted by atomic mass is 10.1. The van der Waals surface area contributed by atoms with E-state index in [1.165, 1.54) is 25.1 Å². The predicted molar refractivity (Wildman–Crippen MR) is 86.4 cm³/mol. The first-order valence-electron chi connectivity index (χ1n) is 7.97. The average molecular weight is 366 g/mol. The molecule has 1 atom stereocenters. The number of nitrogens with zero attached hydrogens (tertiary/aromatic N) is 1. The van der Waals surface area contributed by atoms with Crippen molar-refractivity contribution in [3.63, 3.8) is 0 Å². The Bertz CT molecular complexity index is 859. The van der Waals surface area contributed by atoms with E-state index < -0.39 is 33.8 Å². The van der Waals surface area contributed by atoms with Gasteiger partial charge in [0, 0.05) is 11.6 Å². The number of hydrogen-bond acceptors (Lipinski definition) is 6. The maximum atomic E-state index is 12.6. The zero-order valence-electron chi connectivity index (χ0n) is 13.8. The third kappa shape index (κ3) is 2.99. The van der Waals surface area contributed by atoms with Crippen LogP contribution in [0.3, 0.4) is 0 Å². The number of hydrogen-bond donors (Lipinski definition) is 1. The second-order valence-electron chi connectivity index (χ2n) is 6.00. The van der Waals surface area contributed by atoms with Gasteiger partial charge in [-0.2, -0.15) is 0 Å². The van der Waals surface area contributed by atoms with Gasteiger partial charge in [-0.15, -0.1) is 0 Å². The van der Waals surface area contributed by atoms with Crippen molar-refractivity contribution in [1.29, 1.82) is 0 Å². The second-order valence-corrected chi connectivity index (χ2v) is 7.78. The lowest BCUT2D eigenvalue weighted by molar-refractivity contribution is -0.144. The first kappa shape index (κ1) is 17.4. The van der Waals surface area contributed by atoms with E-state index in [9.17, 15) is 22.8 Å². The molecule has 134 valence electrons. The number of nitrogens with one attached hydrogen (secondary N) is 1. The van der Waals surface area contributed by atoms with Gasteiger partial charge in [-0.25, -0.2) is 17.5 Å². The van der Waals surface area contributed by atoms with Gasteiger partial charge in [-0.05, 0) is 44.9 Å². The minimum atomic E-state index is -3.93. The van der Waals surface area contributed by atoms with E-state index in [2.05, 4.69) is 5.32 Å². The van der Waals surface area contributed by atoms with Gasteiger partial charge in [0.2, 0.25) is 0 Å². The van der Waals surface area contributed by atoms with Crippen molar-refractivity contribution in [1.82, 2.24) is 9.62 Å². The molecule has 1 aliphatic carbocycles. The van der Waals surface area contributed by atoms with Crippen LogP contribution in [0.5, 0.6) is 0 Å². The normalized spacial score (nSPS) is 19.3. The van der Waals surface area contributed by atoms with E-state index in [1.54, 1.807) is 6.92 Å². The summed E-state index contributed by atoms with van der Waals surface area (Å²) in [5.41, 5.74) is 0.130. The van der Waals surface area contributed by atoms with Gasteiger partial charge in [0.25, 0.3) is 21.8 Å². The molecule has 25 heavy (non-hydrogen) atoms. The molecule has 0 saturated heterocycles. The summed E-state index contributed by atoms with van der Waals surface area (Å²) in [4.78, 5) is 36.0. The Hall–Kier alpha value is -2.42. The van der Waals surface area contributed by atoms with Gasteiger partial charge in [0.1, 0.15) is 10.9 Å². The van der Waals surface area contributed by atoms with Gasteiger partial charge >= 0.3 is 5.97 Å². The molecule has 2 amide bonds.